The lowest BCUT2D eigenvalue weighted by Gasteiger charge is -2.39. The van der Waals surface area contributed by atoms with Crippen LogP contribution in [0, 0.1) is 0 Å². The molecule has 1 aliphatic heterocycles. The van der Waals surface area contributed by atoms with Crippen molar-refractivity contribution in [2.45, 2.75) is 38.1 Å². The second kappa shape index (κ2) is 5.24. The van der Waals surface area contributed by atoms with E-state index in [1.165, 1.54) is 22.0 Å². The van der Waals surface area contributed by atoms with E-state index in [-0.39, 0.29) is 0 Å². The first-order valence-electron chi connectivity index (χ1n) is 8.09. The molecule has 0 amide bonds. The van der Waals surface area contributed by atoms with Crippen LogP contribution in [0.2, 0.25) is 0 Å². The summed E-state index contributed by atoms with van der Waals surface area (Å²) >= 11 is 0. The quantitative estimate of drug-likeness (QED) is 0.845. The number of Topliss-reactive ketones (excluding diaryl/α,β-unsaturated/α-hetero) is 1. The molecular weight excluding hydrogens is 272 g/mol. The summed E-state index contributed by atoms with van der Waals surface area (Å²) in [4.78, 5) is 18.6. The first-order chi connectivity index (χ1) is 10.8. The molecule has 1 fully saturated rings. The number of hydrogen-bond acceptors (Lipinski definition) is 3. The van der Waals surface area contributed by atoms with Gasteiger partial charge in [-0.2, -0.15) is 0 Å². The number of nitrogens with zero attached hydrogens (tertiary/aromatic N) is 2. The molecule has 1 aliphatic carbocycles. The fraction of sp³-hybridized carbons (Fsp3) is 0.368. The van der Waals surface area contributed by atoms with E-state index in [9.17, 15) is 4.79 Å². The summed E-state index contributed by atoms with van der Waals surface area (Å²) in [5, 5.41) is 2.53. The topological polar surface area (TPSA) is 33.2 Å². The lowest BCUT2D eigenvalue weighted by Crippen LogP contribution is -2.41. The van der Waals surface area contributed by atoms with Crippen molar-refractivity contribution in [2.75, 3.05) is 11.4 Å². The molecule has 1 aromatic heterocycles. The van der Waals surface area contributed by atoms with E-state index in [0.29, 0.717) is 11.8 Å². The van der Waals surface area contributed by atoms with Crippen molar-refractivity contribution in [3.8, 4) is 0 Å². The lowest BCUT2D eigenvalue weighted by atomic mass is 9.89. The van der Waals surface area contributed by atoms with E-state index in [4.69, 9.17) is 0 Å². The number of carbonyl (C=O) groups excluding carboxylic acids is 1. The molecule has 0 bridgehead atoms. The van der Waals surface area contributed by atoms with Gasteiger partial charge in [0, 0.05) is 48.1 Å². The van der Waals surface area contributed by atoms with Gasteiger partial charge in [-0.1, -0.05) is 18.7 Å². The van der Waals surface area contributed by atoms with Gasteiger partial charge in [0.25, 0.3) is 0 Å². The van der Waals surface area contributed by atoms with Crippen LogP contribution in [0.1, 0.15) is 36.9 Å². The second-order valence-electron chi connectivity index (χ2n) is 6.29. The predicted octanol–water partition coefficient (Wildman–Crippen LogP) is 3.75. The molecule has 3 nitrogen and oxygen atoms in total. The van der Waals surface area contributed by atoms with Crippen molar-refractivity contribution < 1.29 is 4.79 Å². The third kappa shape index (κ3) is 2.04. The fourth-order valence-corrected chi connectivity index (χ4v) is 3.94. The zero-order valence-electron chi connectivity index (χ0n) is 12.7. The molecule has 1 aromatic carbocycles. The summed E-state index contributed by atoms with van der Waals surface area (Å²) < 4.78 is 0. The highest BCUT2D eigenvalue weighted by Gasteiger charge is 2.28. The van der Waals surface area contributed by atoms with Crippen LogP contribution < -0.4 is 4.90 Å². The average molecular weight is 292 g/mol. The number of hydrogen-bond donors (Lipinski definition) is 0. The number of anilines is 1. The Kier molecular flexibility index (Phi) is 3.21. The number of carbonyl (C=O) groups is 1. The highest BCUT2D eigenvalue weighted by Crippen LogP contribution is 2.38. The van der Waals surface area contributed by atoms with Gasteiger partial charge in [-0.05, 0) is 37.0 Å². The summed E-state index contributed by atoms with van der Waals surface area (Å²) in [5.74, 6) is 0.421. The first kappa shape index (κ1) is 13.5. The largest absolute Gasteiger partial charge is 0.368 e. The van der Waals surface area contributed by atoms with Crippen molar-refractivity contribution in [1.82, 2.24) is 4.98 Å². The van der Waals surface area contributed by atoms with E-state index in [1.807, 2.05) is 12.3 Å². The minimum Gasteiger partial charge on any atom is -0.368 e. The molecule has 2 aliphatic rings. The zero-order valence-corrected chi connectivity index (χ0v) is 12.7. The van der Waals surface area contributed by atoms with Gasteiger partial charge >= 0.3 is 0 Å². The van der Waals surface area contributed by atoms with Crippen LogP contribution in [0.4, 0.5) is 5.69 Å². The fourth-order valence-electron chi connectivity index (χ4n) is 3.94. The minimum atomic E-state index is 0.421. The Bertz CT molecular complexity index is 755. The third-order valence-corrected chi connectivity index (χ3v) is 5.08. The minimum absolute atomic E-state index is 0.421. The Morgan fingerprint density at radius 3 is 2.82 bits per heavy atom. The SMILES string of the molecule is C=Cc1ncc2c3c(cccc13)N(C1CCC(=O)CC1)CC2. The maximum Gasteiger partial charge on any atom is 0.133 e. The van der Waals surface area contributed by atoms with Gasteiger partial charge in [0.1, 0.15) is 5.78 Å². The molecule has 4 rings (SSSR count). The molecule has 3 heteroatoms. The second-order valence-corrected chi connectivity index (χ2v) is 6.29. The summed E-state index contributed by atoms with van der Waals surface area (Å²) in [7, 11) is 0. The van der Waals surface area contributed by atoms with Gasteiger partial charge < -0.3 is 4.90 Å². The average Bonchev–Trinajstić information content (AvgIpc) is 2.57. The van der Waals surface area contributed by atoms with Gasteiger partial charge in [-0.3, -0.25) is 9.78 Å². The molecule has 0 atom stereocenters. The molecule has 1 saturated carbocycles. The van der Waals surface area contributed by atoms with Crippen LogP contribution in [0.15, 0.2) is 31.0 Å². The number of aromatic nitrogens is 1. The number of rotatable bonds is 2. The Morgan fingerprint density at radius 1 is 1.23 bits per heavy atom. The van der Waals surface area contributed by atoms with E-state index < -0.39 is 0 Å². The maximum atomic E-state index is 11.5. The van der Waals surface area contributed by atoms with Gasteiger partial charge in [-0.25, -0.2) is 0 Å². The number of ketones is 1. The van der Waals surface area contributed by atoms with E-state index >= 15 is 0 Å². The van der Waals surface area contributed by atoms with Gasteiger partial charge in [0.2, 0.25) is 0 Å². The smallest absolute Gasteiger partial charge is 0.133 e. The van der Waals surface area contributed by atoms with Gasteiger partial charge in [0.15, 0.2) is 0 Å². The van der Waals surface area contributed by atoms with E-state index in [2.05, 4.69) is 34.7 Å². The van der Waals surface area contributed by atoms with Crippen LogP contribution in [0.5, 0.6) is 0 Å². The van der Waals surface area contributed by atoms with Crippen molar-refractivity contribution in [3.63, 3.8) is 0 Å². The third-order valence-electron chi connectivity index (χ3n) is 5.08. The van der Waals surface area contributed by atoms with E-state index in [0.717, 1.165) is 44.3 Å². The number of pyridine rings is 1. The van der Waals surface area contributed by atoms with Crippen LogP contribution in [-0.4, -0.2) is 23.4 Å². The Labute approximate surface area is 130 Å². The molecule has 0 spiro atoms. The van der Waals surface area contributed by atoms with Crippen molar-refractivity contribution in [1.29, 1.82) is 0 Å². The van der Waals surface area contributed by atoms with E-state index in [1.54, 1.807) is 0 Å². The summed E-state index contributed by atoms with van der Waals surface area (Å²) in [6.07, 6.45) is 8.32. The molecule has 2 heterocycles. The normalized spacial score (nSPS) is 18.7. The zero-order chi connectivity index (χ0) is 15.1. The van der Waals surface area contributed by atoms with Crippen molar-refractivity contribution in [3.05, 3.63) is 42.2 Å². The van der Waals surface area contributed by atoms with Crippen LogP contribution in [0.25, 0.3) is 16.8 Å². The highest BCUT2D eigenvalue weighted by molar-refractivity contribution is 6.01. The lowest BCUT2D eigenvalue weighted by molar-refractivity contribution is -0.120. The summed E-state index contributed by atoms with van der Waals surface area (Å²) in [6, 6.07) is 6.97. The Hall–Kier alpha value is -2.16. The first-order valence-corrected chi connectivity index (χ1v) is 8.09. The number of benzene rings is 1. The molecule has 22 heavy (non-hydrogen) atoms. The predicted molar refractivity (Wildman–Crippen MR) is 90.1 cm³/mol. The molecule has 0 saturated heterocycles. The standard InChI is InChI=1S/C19H20N2O/c1-2-17-16-4-3-5-18-19(16)13(12-20-17)10-11-21(18)14-6-8-15(22)9-7-14/h2-5,12,14H,1,6-11H2. The highest BCUT2D eigenvalue weighted by atomic mass is 16.1. The summed E-state index contributed by atoms with van der Waals surface area (Å²) in [5.41, 5.74) is 3.60. The molecule has 2 aromatic rings. The van der Waals surface area contributed by atoms with Crippen molar-refractivity contribution >= 4 is 28.3 Å². The van der Waals surface area contributed by atoms with Gasteiger partial charge in [-0.15, -0.1) is 0 Å². The van der Waals surface area contributed by atoms with Crippen LogP contribution >= 0.6 is 0 Å². The molecule has 0 unspecified atom stereocenters. The van der Waals surface area contributed by atoms with Gasteiger partial charge in [0.05, 0.1) is 5.69 Å². The molecule has 0 N–H and O–H groups in total. The van der Waals surface area contributed by atoms with Crippen LogP contribution in [-0.2, 0) is 11.2 Å². The van der Waals surface area contributed by atoms with Crippen molar-refractivity contribution in [2.24, 2.45) is 0 Å². The maximum absolute atomic E-state index is 11.5. The molecule has 0 radical (unpaired) electrons. The Morgan fingerprint density at radius 2 is 2.05 bits per heavy atom. The van der Waals surface area contributed by atoms with Crippen LogP contribution in [0.3, 0.4) is 0 Å². The molecular formula is C19H20N2O. The summed E-state index contributed by atoms with van der Waals surface area (Å²) in [6.45, 7) is 4.92. The Balaban J connectivity index is 1.82. The monoisotopic (exact) mass is 292 g/mol. The molecule has 112 valence electrons.